The number of methoxy groups -OCH3 is 4. The molecule has 5 aromatic rings. The normalized spacial score (nSPS) is 10.8. The minimum atomic E-state index is 0.625. The van der Waals surface area contributed by atoms with E-state index in [2.05, 4.69) is 42.5 Å². The Balaban J connectivity index is 1.62. The Morgan fingerprint density at radius 3 is 1.92 bits per heavy atom. The predicted molar refractivity (Wildman–Crippen MR) is 148 cm³/mol. The van der Waals surface area contributed by atoms with Gasteiger partial charge in [-0.2, -0.15) is 0 Å². The number of fused-ring (bicyclic) bond motifs is 1. The molecule has 0 saturated carbocycles. The van der Waals surface area contributed by atoms with Crippen LogP contribution in [0.15, 0.2) is 91.1 Å². The third kappa shape index (κ3) is 4.68. The highest BCUT2D eigenvalue weighted by atomic mass is 16.5. The van der Waals surface area contributed by atoms with Crippen LogP contribution in [-0.4, -0.2) is 33.4 Å². The maximum atomic E-state index is 5.89. The largest absolute Gasteiger partial charge is 0.493 e. The lowest BCUT2D eigenvalue weighted by molar-refractivity contribution is 0.354. The van der Waals surface area contributed by atoms with Crippen molar-refractivity contribution in [1.29, 1.82) is 0 Å². The molecule has 0 atom stereocenters. The number of ether oxygens (including phenoxy) is 4. The van der Waals surface area contributed by atoms with Crippen LogP contribution < -0.4 is 18.9 Å². The molecule has 5 nitrogen and oxygen atoms in total. The van der Waals surface area contributed by atoms with Crippen molar-refractivity contribution in [3.63, 3.8) is 0 Å². The summed E-state index contributed by atoms with van der Waals surface area (Å²) in [7, 11) is 6.63. The zero-order valence-corrected chi connectivity index (χ0v) is 21.4. The fourth-order valence-corrected chi connectivity index (χ4v) is 4.75. The Morgan fingerprint density at radius 1 is 0.568 bits per heavy atom. The average Bonchev–Trinajstić information content (AvgIpc) is 2.96. The van der Waals surface area contributed by atoms with Crippen LogP contribution in [0.2, 0.25) is 0 Å². The smallest absolute Gasteiger partial charge is 0.169 e. The molecule has 0 N–H and O–H groups in total. The third-order valence-electron chi connectivity index (χ3n) is 6.59. The summed E-state index contributed by atoms with van der Waals surface area (Å²) in [6, 6.07) is 28.9. The van der Waals surface area contributed by atoms with Gasteiger partial charge in [0.1, 0.15) is 0 Å². The highest BCUT2D eigenvalue weighted by molar-refractivity contribution is 5.98. The zero-order valence-electron chi connectivity index (χ0n) is 21.4. The number of benzene rings is 4. The molecule has 186 valence electrons. The molecule has 0 radical (unpaired) electrons. The summed E-state index contributed by atoms with van der Waals surface area (Å²) in [5.74, 6) is 2.78. The van der Waals surface area contributed by atoms with Crippen LogP contribution in [0.1, 0.15) is 11.3 Å². The molecule has 4 aromatic carbocycles. The minimum Gasteiger partial charge on any atom is -0.493 e. The summed E-state index contributed by atoms with van der Waals surface area (Å²) in [5.41, 5.74) is 6.34. The maximum absolute atomic E-state index is 5.89. The summed E-state index contributed by atoms with van der Waals surface area (Å²) in [6.45, 7) is 0. The first-order chi connectivity index (χ1) is 18.2. The van der Waals surface area contributed by atoms with E-state index < -0.39 is 0 Å². The van der Waals surface area contributed by atoms with Crippen LogP contribution in [0.5, 0.6) is 23.0 Å². The van der Waals surface area contributed by atoms with Gasteiger partial charge in [-0.15, -0.1) is 0 Å². The van der Waals surface area contributed by atoms with Crippen molar-refractivity contribution in [3.05, 3.63) is 102 Å². The van der Waals surface area contributed by atoms with E-state index >= 15 is 0 Å². The molecule has 1 heterocycles. The van der Waals surface area contributed by atoms with Crippen LogP contribution in [0.3, 0.4) is 0 Å². The molecule has 0 aliphatic carbocycles. The molecule has 0 unspecified atom stereocenters. The summed E-state index contributed by atoms with van der Waals surface area (Å²) in [5, 5.41) is 1.96. The second-order valence-electron chi connectivity index (χ2n) is 8.65. The molecule has 0 spiro atoms. The first-order valence-corrected chi connectivity index (χ1v) is 12.1. The van der Waals surface area contributed by atoms with Crippen molar-refractivity contribution in [1.82, 2.24) is 4.98 Å². The monoisotopic (exact) mass is 491 g/mol. The van der Waals surface area contributed by atoms with Crippen LogP contribution in [-0.2, 0) is 6.42 Å². The fraction of sp³-hybridized carbons (Fsp3) is 0.156. The van der Waals surface area contributed by atoms with E-state index in [0.29, 0.717) is 29.4 Å². The van der Waals surface area contributed by atoms with Gasteiger partial charge in [0, 0.05) is 29.0 Å². The summed E-state index contributed by atoms with van der Waals surface area (Å²) in [4.78, 5) is 4.75. The number of hydrogen-bond acceptors (Lipinski definition) is 5. The van der Waals surface area contributed by atoms with E-state index in [0.717, 1.165) is 38.7 Å². The van der Waals surface area contributed by atoms with E-state index in [1.54, 1.807) is 28.4 Å². The molecule has 0 fully saturated rings. The van der Waals surface area contributed by atoms with Gasteiger partial charge >= 0.3 is 0 Å². The van der Waals surface area contributed by atoms with Crippen molar-refractivity contribution in [2.24, 2.45) is 0 Å². The van der Waals surface area contributed by atoms with Gasteiger partial charge < -0.3 is 18.9 Å². The second kappa shape index (κ2) is 10.6. The van der Waals surface area contributed by atoms with Gasteiger partial charge in [-0.05, 0) is 46.5 Å². The number of aromatic nitrogens is 1. The summed E-state index contributed by atoms with van der Waals surface area (Å²) in [6.07, 6.45) is 2.44. The van der Waals surface area contributed by atoms with E-state index in [1.165, 1.54) is 5.56 Å². The average molecular weight is 492 g/mol. The Labute approximate surface area is 217 Å². The van der Waals surface area contributed by atoms with Crippen molar-refractivity contribution in [3.8, 4) is 45.3 Å². The van der Waals surface area contributed by atoms with E-state index in [-0.39, 0.29) is 0 Å². The van der Waals surface area contributed by atoms with Gasteiger partial charge in [0.25, 0.3) is 0 Å². The Bertz CT molecular complexity index is 1530. The van der Waals surface area contributed by atoms with Crippen LogP contribution in [0, 0.1) is 0 Å². The molecular weight excluding hydrogens is 462 g/mol. The standard InChI is InChI=1S/C32H29NO4/c1-34-29-15-10-21(19-30(29)35-2)18-28-27-20-26(32(37-4)31(36-3)25(27)16-17-33-28)24-13-11-23(12-14-24)22-8-6-5-7-9-22/h5-17,19-20H,18H2,1-4H3. The van der Waals surface area contributed by atoms with E-state index in [1.807, 2.05) is 48.7 Å². The second-order valence-corrected chi connectivity index (χ2v) is 8.65. The number of nitrogens with zero attached hydrogens (tertiary/aromatic N) is 1. The molecule has 0 aliphatic heterocycles. The van der Waals surface area contributed by atoms with Crippen molar-refractivity contribution < 1.29 is 18.9 Å². The quantitative estimate of drug-likeness (QED) is 0.230. The van der Waals surface area contributed by atoms with Crippen LogP contribution in [0.4, 0.5) is 0 Å². The highest BCUT2D eigenvalue weighted by Crippen LogP contribution is 2.45. The first kappa shape index (κ1) is 24.2. The lowest BCUT2D eigenvalue weighted by Crippen LogP contribution is -2.00. The van der Waals surface area contributed by atoms with Gasteiger partial charge in [-0.1, -0.05) is 60.7 Å². The van der Waals surface area contributed by atoms with E-state index in [9.17, 15) is 0 Å². The Kier molecular flexibility index (Phi) is 6.95. The first-order valence-electron chi connectivity index (χ1n) is 12.1. The van der Waals surface area contributed by atoms with Crippen molar-refractivity contribution in [2.45, 2.75) is 6.42 Å². The number of rotatable bonds is 8. The van der Waals surface area contributed by atoms with E-state index in [4.69, 9.17) is 23.9 Å². The third-order valence-corrected chi connectivity index (χ3v) is 6.59. The summed E-state index contributed by atoms with van der Waals surface area (Å²) >= 11 is 0. The van der Waals surface area contributed by atoms with Gasteiger partial charge in [-0.3, -0.25) is 4.98 Å². The predicted octanol–water partition coefficient (Wildman–Crippen LogP) is 7.19. The molecule has 0 bridgehead atoms. The zero-order chi connectivity index (χ0) is 25.8. The highest BCUT2D eigenvalue weighted by Gasteiger charge is 2.19. The lowest BCUT2D eigenvalue weighted by atomic mass is 9.95. The molecule has 37 heavy (non-hydrogen) atoms. The lowest BCUT2D eigenvalue weighted by Gasteiger charge is -2.18. The van der Waals surface area contributed by atoms with Crippen molar-refractivity contribution >= 4 is 10.8 Å². The molecular formula is C32H29NO4. The fourth-order valence-electron chi connectivity index (χ4n) is 4.75. The molecule has 0 aliphatic rings. The molecule has 1 aromatic heterocycles. The van der Waals surface area contributed by atoms with Gasteiger partial charge in [0.15, 0.2) is 23.0 Å². The molecule has 5 heteroatoms. The SMILES string of the molecule is COc1ccc(Cc2nccc3c(OC)c(OC)c(-c4ccc(-c5ccccc5)cc4)cc23)cc1OC. The van der Waals surface area contributed by atoms with Crippen LogP contribution >= 0.6 is 0 Å². The minimum absolute atomic E-state index is 0.625. The number of pyridine rings is 1. The molecule has 5 rings (SSSR count). The topological polar surface area (TPSA) is 49.8 Å². The maximum Gasteiger partial charge on any atom is 0.169 e. The Morgan fingerprint density at radius 2 is 1.24 bits per heavy atom. The van der Waals surface area contributed by atoms with Gasteiger partial charge in [0.05, 0.1) is 34.1 Å². The number of hydrogen-bond donors (Lipinski definition) is 0. The van der Waals surface area contributed by atoms with Gasteiger partial charge in [0.2, 0.25) is 0 Å². The van der Waals surface area contributed by atoms with Gasteiger partial charge in [-0.25, -0.2) is 0 Å². The molecule has 0 saturated heterocycles. The van der Waals surface area contributed by atoms with Crippen LogP contribution in [0.25, 0.3) is 33.0 Å². The Hall–Kier alpha value is -4.51. The van der Waals surface area contributed by atoms with Crippen molar-refractivity contribution in [2.75, 3.05) is 28.4 Å². The summed E-state index contributed by atoms with van der Waals surface area (Å²) < 4.78 is 22.7. The molecule has 0 amide bonds.